The lowest BCUT2D eigenvalue weighted by molar-refractivity contribution is -0.151. The van der Waals surface area contributed by atoms with Crippen LogP contribution in [0.4, 0.5) is 4.39 Å². The minimum Gasteiger partial charge on any atom is -0.390 e. The third-order valence-electron chi connectivity index (χ3n) is 3.78. The minimum atomic E-state index is -0.767. The van der Waals surface area contributed by atoms with Crippen LogP contribution in [-0.4, -0.2) is 37.1 Å². The fourth-order valence-corrected chi connectivity index (χ4v) is 2.63. The van der Waals surface area contributed by atoms with Crippen molar-refractivity contribution in [2.24, 2.45) is 0 Å². The largest absolute Gasteiger partial charge is 0.390 e. The number of halogens is 2. The topological polar surface area (TPSA) is 38.7 Å². The summed E-state index contributed by atoms with van der Waals surface area (Å²) >= 11 is 5.71. The summed E-state index contributed by atoms with van der Waals surface area (Å²) in [5, 5.41) is 10.7. The van der Waals surface area contributed by atoms with Crippen molar-refractivity contribution in [1.82, 2.24) is 0 Å². The zero-order valence-corrected chi connectivity index (χ0v) is 11.6. The van der Waals surface area contributed by atoms with E-state index in [1.54, 1.807) is 19.2 Å². The van der Waals surface area contributed by atoms with Gasteiger partial charge in [0.2, 0.25) is 0 Å². The Kier molecular flexibility index (Phi) is 4.79. The quantitative estimate of drug-likeness (QED) is 0.925. The highest BCUT2D eigenvalue weighted by molar-refractivity contribution is 6.30. The van der Waals surface area contributed by atoms with Gasteiger partial charge in [-0.25, -0.2) is 4.39 Å². The van der Waals surface area contributed by atoms with Gasteiger partial charge in [-0.1, -0.05) is 17.7 Å². The summed E-state index contributed by atoms with van der Waals surface area (Å²) < 4.78 is 24.5. The maximum Gasteiger partial charge on any atom is 0.127 e. The highest BCUT2D eigenvalue weighted by Crippen LogP contribution is 2.30. The van der Waals surface area contributed by atoms with Gasteiger partial charge in [0.15, 0.2) is 0 Å². The number of benzene rings is 1. The molecule has 0 saturated carbocycles. The molecule has 0 aliphatic carbocycles. The summed E-state index contributed by atoms with van der Waals surface area (Å²) in [4.78, 5) is 0. The Hall–Kier alpha value is -0.680. The second-order valence-corrected chi connectivity index (χ2v) is 5.27. The summed E-state index contributed by atoms with van der Waals surface area (Å²) in [7, 11) is 1.58. The van der Waals surface area contributed by atoms with Crippen LogP contribution in [0, 0.1) is 5.82 Å². The van der Waals surface area contributed by atoms with Gasteiger partial charge in [0.1, 0.15) is 5.82 Å². The van der Waals surface area contributed by atoms with Crippen LogP contribution < -0.4 is 0 Å². The van der Waals surface area contributed by atoms with E-state index in [0.29, 0.717) is 36.6 Å². The van der Waals surface area contributed by atoms with Gasteiger partial charge in [0, 0.05) is 44.6 Å². The molecule has 1 fully saturated rings. The molecule has 1 aromatic carbocycles. The van der Waals surface area contributed by atoms with Crippen molar-refractivity contribution in [3.8, 4) is 0 Å². The molecule has 1 unspecified atom stereocenters. The van der Waals surface area contributed by atoms with E-state index < -0.39 is 17.5 Å². The summed E-state index contributed by atoms with van der Waals surface area (Å²) in [5.74, 6) is -0.398. The molecule has 5 heteroatoms. The van der Waals surface area contributed by atoms with Crippen LogP contribution in [-0.2, 0) is 15.9 Å². The number of rotatable bonds is 4. The molecule has 0 amide bonds. The van der Waals surface area contributed by atoms with Gasteiger partial charge < -0.3 is 14.6 Å². The van der Waals surface area contributed by atoms with Crippen LogP contribution in [0.15, 0.2) is 18.2 Å². The van der Waals surface area contributed by atoms with Crippen LogP contribution in [0.1, 0.15) is 18.4 Å². The molecule has 0 radical (unpaired) electrons. The Morgan fingerprint density at radius 3 is 2.74 bits per heavy atom. The average Bonchev–Trinajstić information content (AvgIpc) is 2.42. The summed E-state index contributed by atoms with van der Waals surface area (Å²) in [6, 6.07) is 4.48. The van der Waals surface area contributed by atoms with Gasteiger partial charge in [0.25, 0.3) is 0 Å². The van der Waals surface area contributed by atoms with Gasteiger partial charge in [-0.15, -0.1) is 0 Å². The second-order valence-electron chi connectivity index (χ2n) is 4.84. The van der Waals surface area contributed by atoms with Crippen molar-refractivity contribution < 1.29 is 19.0 Å². The molecular weight excluding hydrogens is 271 g/mol. The molecule has 0 aromatic heterocycles. The lowest BCUT2D eigenvalue weighted by atomic mass is 9.84. The van der Waals surface area contributed by atoms with Crippen molar-refractivity contribution in [3.05, 3.63) is 34.6 Å². The number of aliphatic hydroxyl groups is 1. The van der Waals surface area contributed by atoms with Crippen LogP contribution >= 0.6 is 11.6 Å². The first kappa shape index (κ1) is 14.7. The molecule has 1 aromatic rings. The number of aliphatic hydroxyl groups excluding tert-OH is 1. The van der Waals surface area contributed by atoms with Crippen molar-refractivity contribution in [2.45, 2.75) is 31.0 Å². The standard InChI is InChI=1S/C14H18ClFO3/c1-18-14(4-6-19-7-5-14)13(17)8-10-2-3-11(15)9-12(10)16/h2-3,9,13,17H,4-8H2,1H3. The van der Waals surface area contributed by atoms with E-state index >= 15 is 0 Å². The number of hydrogen-bond acceptors (Lipinski definition) is 3. The number of ether oxygens (including phenoxy) is 2. The van der Waals surface area contributed by atoms with E-state index in [1.807, 2.05) is 0 Å². The average molecular weight is 289 g/mol. The van der Waals surface area contributed by atoms with Crippen LogP contribution in [0.5, 0.6) is 0 Å². The molecule has 1 heterocycles. The summed E-state index contributed by atoms with van der Waals surface area (Å²) in [6.07, 6.45) is 0.661. The van der Waals surface area contributed by atoms with Gasteiger partial charge in [-0.05, 0) is 17.7 Å². The Morgan fingerprint density at radius 2 is 2.16 bits per heavy atom. The molecule has 1 aliphatic rings. The zero-order valence-electron chi connectivity index (χ0n) is 10.9. The van der Waals surface area contributed by atoms with Crippen molar-refractivity contribution in [2.75, 3.05) is 20.3 Å². The Morgan fingerprint density at radius 1 is 1.47 bits per heavy atom. The molecule has 1 aliphatic heterocycles. The fourth-order valence-electron chi connectivity index (χ4n) is 2.47. The van der Waals surface area contributed by atoms with Crippen LogP contribution in [0.2, 0.25) is 5.02 Å². The SMILES string of the molecule is COC1(C(O)Cc2ccc(Cl)cc2F)CCOCC1. The molecule has 2 rings (SSSR count). The molecular formula is C14H18ClFO3. The van der Waals surface area contributed by atoms with Crippen molar-refractivity contribution >= 4 is 11.6 Å². The molecule has 106 valence electrons. The van der Waals surface area contributed by atoms with Gasteiger partial charge in [0.05, 0.1) is 11.7 Å². The fraction of sp³-hybridized carbons (Fsp3) is 0.571. The number of methoxy groups -OCH3 is 1. The van der Waals surface area contributed by atoms with E-state index in [2.05, 4.69) is 0 Å². The highest BCUT2D eigenvalue weighted by atomic mass is 35.5. The summed E-state index contributed by atoms with van der Waals surface area (Å²) in [6.45, 7) is 1.10. The van der Waals surface area contributed by atoms with E-state index in [4.69, 9.17) is 21.1 Å². The smallest absolute Gasteiger partial charge is 0.127 e. The minimum absolute atomic E-state index is 0.205. The molecule has 0 spiro atoms. The molecule has 3 nitrogen and oxygen atoms in total. The Labute approximate surface area is 117 Å². The zero-order chi connectivity index (χ0) is 13.9. The van der Waals surface area contributed by atoms with E-state index in [9.17, 15) is 9.50 Å². The first-order chi connectivity index (χ1) is 9.07. The van der Waals surface area contributed by atoms with Crippen molar-refractivity contribution in [1.29, 1.82) is 0 Å². The predicted octanol–water partition coefficient (Wildman–Crippen LogP) is 2.58. The molecule has 0 bridgehead atoms. The molecule has 19 heavy (non-hydrogen) atoms. The summed E-state index contributed by atoms with van der Waals surface area (Å²) in [5.41, 5.74) is -0.204. The lowest BCUT2D eigenvalue weighted by Crippen LogP contribution is -2.49. The highest BCUT2D eigenvalue weighted by Gasteiger charge is 2.39. The normalized spacial score (nSPS) is 20.2. The molecule has 1 atom stereocenters. The monoisotopic (exact) mass is 288 g/mol. The maximum absolute atomic E-state index is 13.7. The van der Waals surface area contributed by atoms with E-state index in [-0.39, 0.29) is 6.42 Å². The number of hydrogen-bond donors (Lipinski definition) is 1. The van der Waals surface area contributed by atoms with E-state index in [1.165, 1.54) is 6.07 Å². The van der Waals surface area contributed by atoms with Gasteiger partial charge in [-0.3, -0.25) is 0 Å². The van der Waals surface area contributed by atoms with Gasteiger partial charge >= 0.3 is 0 Å². The molecule has 1 N–H and O–H groups in total. The lowest BCUT2D eigenvalue weighted by Gasteiger charge is -2.39. The predicted molar refractivity (Wildman–Crippen MR) is 70.9 cm³/mol. The Balaban J connectivity index is 2.12. The van der Waals surface area contributed by atoms with Crippen molar-refractivity contribution in [3.63, 3.8) is 0 Å². The van der Waals surface area contributed by atoms with E-state index in [0.717, 1.165) is 0 Å². The second kappa shape index (κ2) is 6.18. The van der Waals surface area contributed by atoms with Crippen LogP contribution in [0.25, 0.3) is 0 Å². The molecule has 1 saturated heterocycles. The third kappa shape index (κ3) is 3.26. The van der Waals surface area contributed by atoms with Gasteiger partial charge in [-0.2, -0.15) is 0 Å². The maximum atomic E-state index is 13.7. The van der Waals surface area contributed by atoms with Crippen LogP contribution in [0.3, 0.4) is 0 Å². The third-order valence-corrected chi connectivity index (χ3v) is 4.02. The first-order valence-electron chi connectivity index (χ1n) is 6.32. The Bertz CT molecular complexity index is 433. The first-order valence-corrected chi connectivity index (χ1v) is 6.70.